The molecule has 0 aliphatic heterocycles. The van der Waals surface area contributed by atoms with Crippen molar-refractivity contribution >= 4 is 11.6 Å². The highest BCUT2D eigenvalue weighted by molar-refractivity contribution is 6.31. The molecule has 5 heteroatoms. The topological polar surface area (TPSA) is 38.0 Å². The zero-order chi connectivity index (χ0) is 14.7. The van der Waals surface area contributed by atoms with Gasteiger partial charge in [-0.05, 0) is 54.3 Å². The molecule has 2 rings (SSSR count). The lowest BCUT2D eigenvalue weighted by atomic mass is 9.95. The molecule has 0 aliphatic carbocycles. The van der Waals surface area contributed by atoms with Gasteiger partial charge < -0.3 is 0 Å². The molecule has 2 aromatic rings. The maximum atomic E-state index is 13.7. The SMILES string of the molecule is Cc1c(Cl)cccc1C(Cc1cc(F)ccc1F)NN. The molecule has 0 aromatic heterocycles. The van der Waals surface area contributed by atoms with Gasteiger partial charge in [0.2, 0.25) is 0 Å². The van der Waals surface area contributed by atoms with E-state index >= 15 is 0 Å². The third-order valence-corrected chi connectivity index (χ3v) is 3.73. The molecular weight excluding hydrogens is 282 g/mol. The van der Waals surface area contributed by atoms with Gasteiger partial charge in [0.15, 0.2) is 0 Å². The Balaban J connectivity index is 2.34. The Morgan fingerprint density at radius 3 is 2.70 bits per heavy atom. The fraction of sp³-hybridized carbons (Fsp3) is 0.200. The summed E-state index contributed by atoms with van der Waals surface area (Å²) in [5.74, 6) is 4.63. The predicted octanol–water partition coefficient (Wildman–Crippen LogP) is 3.67. The van der Waals surface area contributed by atoms with Gasteiger partial charge in [-0.25, -0.2) is 8.78 Å². The first-order valence-corrected chi connectivity index (χ1v) is 6.55. The van der Waals surface area contributed by atoms with E-state index in [0.717, 1.165) is 23.3 Å². The second-order valence-electron chi connectivity index (χ2n) is 4.61. The molecule has 0 bridgehead atoms. The van der Waals surface area contributed by atoms with E-state index in [0.29, 0.717) is 5.02 Å². The summed E-state index contributed by atoms with van der Waals surface area (Å²) in [5.41, 5.74) is 4.64. The molecule has 1 atom stereocenters. The zero-order valence-corrected chi connectivity index (χ0v) is 11.7. The van der Waals surface area contributed by atoms with Crippen molar-refractivity contribution in [3.63, 3.8) is 0 Å². The highest BCUT2D eigenvalue weighted by atomic mass is 35.5. The Morgan fingerprint density at radius 1 is 1.25 bits per heavy atom. The molecular formula is C15H15ClF2N2. The molecule has 0 saturated heterocycles. The lowest BCUT2D eigenvalue weighted by Crippen LogP contribution is -2.30. The van der Waals surface area contributed by atoms with E-state index in [1.54, 1.807) is 12.1 Å². The van der Waals surface area contributed by atoms with Gasteiger partial charge in [0, 0.05) is 5.02 Å². The van der Waals surface area contributed by atoms with Crippen LogP contribution in [0.5, 0.6) is 0 Å². The van der Waals surface area contributed by atoms with Crippen molar-refractivity contribution in [2.75, 3.05) is 0 Å². The van der Waals surface area contributed by atoms with Crippen LogP contribution in [0.3, 0.4) is 0 Å². The minimum Gasteiger partial charge on any atom is -0.271 e. The molecule has 1 unspecified atom stereocenters. The smallest absolute Gasteiger partial charge is 0.126 e. The number of nitrogens with one attached hydrogen (secondary N) is 1. The number of hydrogen-bond donors (Lipinski definition) is 2. The first-order chi connectivity index (χ1) is 9.52. The van der Waals surface area contributed by atoms with Crippen LogP contribution in [-0.4, -0.2) is 0 Å². The lowest BCUT2D eigenvalue weighted by Gasteiger charge is -2.19. The quantitative estimate of drug-likeness (QED) is 0.667. The molecule has 0 radical (unpaired) electrons. The monoisotopic (exact) mass is 296 g/mol. The molecule has 0 heterocycles. The number of halogens is 3. The van der Waals surface area contributed by atoms with E-state index in [1.807, 2.05) is 13.0 Å². The van der Waals surface area contributed by atoms with Crippen molar-refractivity contribution in [1.29, 1.82) is 0 Å². The van der Waals surface area contributed by atoms with Crippen molar-refractivity contribution in [3.05, 3.63) is 69.7 Å². The number of nitrogens with two attached hydrogens (primary N) is 1. The summed E-state index contributed by atoms with van der Waals surface area (Å²) in [7, 11) is 0. The molecule has 3 N–H and O–H groups in total. The van der Waals surface area contributed by atoms with Crippen LogP contribution in [0.25, 0.3) is 0 Å². The average Bonchev–Trinajstić information content (AvgIpc) is 2.43. The van der Waals surface area contributed by atoms with E-state index in [9.17, 15) is 8.78 Å². The van der Waals surface area contributed by atoms with Crippen LogP contribution in [0.2, 0.25) is 5.02 Å². The normalized spacial score (nSPS) is 12.4. The van der Waals surface area contributed by atoms with Crippen LogP contribution in [0, 0.1) is 18.6 Å². The van der Waals surface area contributed by atoms with Crippen molar-refractivity contribution in [1.82, 2.24) is 5.43 Å². The van der Waals surface area contributed by atoms with Crippen LogP contribution in [-0.2, 0) is 6.42 Å². The first kappa shape index (κ1) is 14.9. The summed E-state index contributed by atoms with van der Waals surface area (Å²) in [6.45, 7) is 1.87. The molecule has 0 spiro atoms. The Morgan fingerprint density at radius 2 is 2.00 bits per heavy atom. The lowest BCUT2D eigenvalue weighted by molar-refractivity contribution is 0.521. The summed E-state index contributed by atoms with van der Waals surface area (Å²) < 4.78 is 26.9. The Labute approximate surface area is 121 Å². The fourth-order valence-electron chi connectivity index (χ4n) is 2.18. The third kappa shape index (κ3) is 3.15. The maximum absolute atomic E-state index is 13.7. The standard InChI is InChI=1S/C15H15ClF2N2/c1-9-12(3-2-4-13(9)16)15(20-19)8-10-7-11(17)5-6-14(10)18/h2-7,15,20H,8,19H2,1H3. The second kappa shape index (κ2) is 6.31. The summed E-state index contributed by atoms with van der Waals surface area (Å²) >= 11 is 6.07. The van der Waals surface area contributed by atoms with Gasteiger partial charge in [0.1, 0.15) is 11.6 Å². The van der Waals surface area contributed by atoms with Crippen molar-refractivity contribution in [3.8, 4) is 0 Å². The van der Waals surface area contributed by atoms with E-state index in [1.165, 1.54) is 6.07 Å². The number of rotatable bonds is 4. The minimum atomic E-state index is -0.472. The van der Waals surface area contributed by atoms with Crippen LogP contribution in [0.15, 0.2) is 36.4 Å². The first-order valence-electron chi connectivity index (χ1n) is 6.18. The van der Waals surface area contributed by atoms with Crippen LogP contribution in [0.4, 0.5) is 8.78 Å². The van der Waals surface area contributed by atoms with Gasteiger partial charge in [0.05, 0.1) is 6.04 Å². The summed E-state index contributed by atoms with van der Waals surface area (Å²) in [5, 5.41) is 0.613. The number of hydrazine groups is 1. The molecule has 20 heavy (non-hydrogen) atoms. The van der Waals surface area contributed by atoms with Crippen molar-refractivity contribution < 1.29 is 8.78 Å². The van der Waals surface area contributed by atoms with Gasteiger partial charge in [-0.15, -0.1) is 0 Å². The Hall–Kier alpha value is -1.49. The van der Waals surface area contributed by atoms with Gasteiger partial charge in [-0.3, -0.25) is 11.3 Å². The molecule has 0 saturated carbocycles. The number of hydrogen-bond acceptors (Lipinski definition) is 2. The van der Waals surface area contributed by atoms with Crippen LogP contribution >= 0.6 is 11.6 Å². The number of benzene rings is 2. The largest absolute Gasteiger partial charge is 0.271 e. The van der Waals surface area contributed by atoms with Gasteiger partial charge in [-0.1, -0.05) is 23.7 Å². The van der Waals surface area contributed by atoms with Crippen molar-refractivity contribution in [2.24, 2.45) is 5.84 Å². The Bertz CT molecular complexity index is 617. The third-order valence-electron chi connectivity index (χ3n) is 3.32. The summed E-state index contributed by atoms with van der Waals surface area (Å²) in [6, 6.07) is 8.48. The van der Waals surface area contributed by atoms with E-state index in [4.69, 9.17) is 17.4 Å². The van der Waals surface area contributed by atoms with Gasteiger partial charge in [0.25, 0.3) is 0 Å². The second-order valence-corrected chi connectivity index (χ2v) is 5.02. The molecule has 106 valence electrons. The predicted molar refractivity (Wildman–Crippen MR) is 76.3 cm³/mol. The molecule has 2 aromatic carbocycles. The van der Waals surface area contributed by atoms with Crippen LogP contribution < -0.4 is 11.3 Å². The van der Waals surface area contributed by atoms with Crippen LogP contribution in [0.1, 0.15) is 22.7 Å². The zero-order valence-electron chi connectivity index (χ0n) is 11.0. The van der Waals surface area contributed by atoms with Gasteiger partial charge in [-0.2, -0.15) is 0 Å². The minimum absolute atomic E-state index is 0.237. The maximum Gasteiger partial charge on any atom is 0.126 e. The van der Waals surface area contributed by atoms with E-state index in [2.05, 4.69) is 5.43 Å². The highest BCUT2D eigenvalue weighted by Gasteiger charge is 2.16. The summed E-state index contributed by atoms with van der Waals surface area (Å²) in [4.78, 5) is 0. The molecule has 0 fully saturated rings. The molecule has 2 nitrogen and oxygen atoms in total. The Kier molecular flexibility index (Phi) is 4.70. The molecule has 0 amide bonds. The average molecular weight is 297 g/mol. The van der Waals surface area contributed by atoms with Gasteiger partial charge >= 0.3 is 0 Å². The van der Waals surface area contributed by atoms with E-state index < -0.39 is 11.6 Å². The van der Waals surface area contributed by atoms with E-state index in [-0.39, 0.29) is 18.0 Å². The van der Waals surface area contributed by atoms with Crippen molar-refractivity contribution in [2.45, 2.75) is 19.4 Å². The fourth-order valence-corrected chi connectivity index (χ4v) is 2.36. The molecule has 0 aliphatic rings. The summed E-state index contributed by atoms with van der Waals surface area (Å²) in [6.07, 6.45) is 0.237. The highest BCUT2D eigenvalue weighted by Crippen LogP contribution is 2.27.